The van der Waals surface area contributed by atoms with Crippen molar-refractivity contribution >= 4 is 23.4 Å². The zero-order valence-corrected chi connectivity index (χ0v) is 16.2. The van der Waals surface area contributed by atoms with E-state index in [2.05, 4.69) is 20.5 Å². The number of carbonyl (C=O) groups excluding carboxylic acids is 1. The molecule has 0 aliphatic carbocycles. The number of hydrogen-bond donors (Lipinski definition) is 1. The van der Waals surface area contributed by atoms with Crippen LogP contribution < -0.4 is 10.1 Å². The number of rotatable bonds is 7. The molecule has 1 N–H and O–H groups in total. The fourth-order valence-electron chi connectivity index (χ4n) is 2.51. The van der Waals surface area contributed by atoms with E-state index in [4.69, 9.17) is 4.74 Å². The molecule has 0 bridgehead atoms. The van der Waals surface area contributed by atoms with Crippen molar-refractivity contribution in [2.75, 3.05) is 12.4 Å². The van der Waals surface area contributed by atoms with Crippen LogP contribution in [0.3, 0.4) is 0 Å². The van der Waals surface area contributed by atoms with Crippen molar-refractivity contribution in [1.29, 1.82) is 0 Å². The van der Waals surface area contributed by atoms with Gasteiger partial charge in [0.2, 0.25) is 5.91 Å². The second kappa shape index (κ2) is 8.68. The first-order chi connectivity index (χ1) is 13.1. The van der Waals surface area contributed by atoms with Crippen molar-refractivity contribution < 1.29 is 9.53 Å². The maximum atomic E-state index is 12.5. The monoisotopic (exact) mass is 383 g/mol. The number of carbonyl (C=O) groups is 1. The Kier molecular flexibility index (Phi) is 6.08. The highest BCUT2D eigenvalue weighted by molar-refractivity contribution is 8.00. The van der Waals surface area contributed by atoms with Gasteiger partial charge in [0.1, 0.15) is 5.75 Å². The molecule has 0 saturated heterocycles. The first-order valence-corrected chi connectivity index (χ1v) is 9.45. The Bertz CT molecular complexity index is 896. The van der Waals surface area contributed by atoms with E-state index >= 15 is 0 Å². The molecule has 0 spiro atoms. The highest BCUT2D eigenvalue weighted by Crippen LogP contribution is 2.27. The van der Waals surface area contributed by atoms with Gasteiger partial charge in [0, 0.05) is 30.2 Å². The van der Waals surface area contributed by atoms with E-state index in [1.165, 1.54) is 11.8 Å². The Balaban J connectivity index is 1.70. The number of ether oxygens (including phenoxy) is 1. The van der Waals surface area contributed by atoms with E-state index in [0.717, 1.165) is 22.8 Å². The number of methoxy groups -OCH3 is 1. The number of hydrogen-bond acceptors (Lipinski definition) is 6. The molecule has 2 aromatic heterocycles. The highest BCUT2D eigenvalue weighted by Gasteiger charge is 2.20. The van der Waals surface area contributed by atoms with Gasteiger partial charge in [0.15, 0.2) is 11.0 Å². The molecular weight excluding hydrogens is 362 g/mol. The summed E-state index contributed by atoms with van der Waals surface area (Å²) in [4.78, 5) is 16.6. The quantitative estimate of drug-likeness (QED) is 0.629. The summed E-state index contributed by atoms with van der Waals surface area (Å²) in [5, 5.41) is 11.9. The molecule has 3 rings (SSSR count). The minimum absolute atomic E-state index is 0.0960. The van der Waals surface area contributed by atoms with E-state index in [-0.39, 0.29) is 11.2 Å². The molecule has 1 atom stereocenters. The van der Waals surface area contributed by atoms with Crippen LogP contribution in [0.25, 0.3) is 11.4 Å². The Morgan fingerprint density at radius 1 is 1.19 bits per heavy atom. The van der Waals surface area contributed by atoms with Crippen molar-refractivity contribution in [2.45, 2.75) is 30.8 Å². The molecule has 3 aromatic rings. The average Bonchev–Trinajstić information content (AvgIpc) is 3.11. The number of nitrogens with zero attached hydrogens (tertiary/aromatic N) is 4. The van der Waals surface area contributed by atoms with E-state index in [9.17, 15) is 4.79 Å². The zero-order valence-electron chi connectivity index (χ0n) is 15.4. The van der Waals surface area contributed by atoms with Crippen LogP contribution >= 0.6 is 11.8 Å². The molecule has 2 heterocycles. The minimum Gasteiger partial charge on any atom is -0.497 e. The Morgan fingerprint density at radius 2 is 1.89 bits per heavy atom. The molecule has 27 heavy (non-hydrogen) atoms. The van der Waals surface area contributed by atoms with Crippen molar-refractivity contribution in [3.05, 3.63) is 48.8 Å². The molecule has 0 radical (unpaired) electrons. The van der Waals surface area contributed by atoms with Crippen molar-refractivity contribution in [1.82, 2.24) is 19.7 Å². The second-order valence-electron chi connectivity index (χ2n) is 5.76. The topological polar surface area (TPSA) is 81.9 Å². The highest BCUT2D eigenvalue weighted by atomic mass is 32.2. The third-order valence-electron chi connectivity index (χ3n) is 3.98. The molecule has 0 aliphatic rings. The van der Waals surface area contributed by atoms with E-state index < -0.39 is 0 Å². The van der Waals surface area contributed by atoms with Gasteiger partial charge in [-0.1, -0.05) is 11.8 Å². The number of nitrogens with one attached hydrogen (secondary N) is 1. The lowest BCUT2D eigenvalue weighted by atomic mass is 10.2. The summed E-state index contributed by atoms with van der Waals surface area (Å²) in [5.41, 5.74) is 1.67. The number of benzene rings is 1. The van der Waals surface area contributed by atoms with Crippen LogP contribution in [0.1, 0.15) is 13.8 Å². The molecule has 8 heteroatoms. The molecule has 0 aliphatic heterocycles. The Morgan fingerprint density at radius 3 is 2.52 bits per heavy atom. The molecule has 140 valence electrons. The van der Waals surface area contributed by atoms with E-state index in [0.29, 0.717) is 11.7 Å². The largest absolute Gasteiger partial charge is 0.497 e. The molecule has 1 amide bonds. The first-order valence-electron chi connectivity index (χ1n) is 8.57. The Labute approximate surface area is 162 Å². The Hall–Kier alpha value is -2.87. The lowest BCUT2D eigenvalue weighted by Gasteiger charge is -2.13. The fraction of sp³-hybridized carbons (Fsp3) is 0.263. The van der Waals surface area contributed by atoms with Crippen LogP contribution in [0.5, 0.6) is 5.75 Å². The van der Waals surface area contributed by atoms with Crippen molar-refractivity contribution in [3.8, 4) is 17.1 Å². The van der Waals surface area contributed by atoms with Gasteiger partial charge < -0.3 is 14.6 Å². The summed E-state index contributed by atoms with van der Waals surface area (Å²) in [6, 6.07) is 11.0. The van der Waals surface area contributed by atoms with Gasteiger partial charge in [0.25, 0.3) is 0 Å². The summed E-state index contributed by atoms with van der Waals surface area (Å²) in [6.45, 7) is 4.59. The molecule has 1 aromatic carbocycles. The van der Waals surface area contributed by atoms with Crippen LogP contribution in [0.2, 0.25) is 0 Å². The van der Waals surface area contributed by atoms with Crippen LogP contribution in [-0.2, 0) is 11.3 Å². The van der Waals surface area contributed by atoms with Crippen molar-refractivity contribution in [3.63, 3.8) is 0 Å². The number of pyridine rings is 1. The summed E-state index contributed by atoms with van der Waals surface area (Å²) in [7, 11) is 1.61. The predicted octanol–water partition coefficient (Wildman–Crippen LogP) is 3.49. The SMILES string of the molecule is CCn1c(S[C@@H](C)C(=O)Nc2ccc(OC)cc2)nnc1-c1ccncc1. The predicted molar refractivity (Wildman–Crippen MR) is 106 cm³/mol. The number of anilines is 1. The summed E-state index contributed by atoms with van der Waals surface area (Å²) < 4.78 is 7.12. The molecule has 7 nitrogen and oxygen atoms in total. The average molecular weight is 383 g/mol. The minimum atomic E-state index is -0.327. The maximum absolute atomic E-state index is 12.5. The number of amides is 1. The van der Waals surface area contributed by atoms with Gasteiger partial charge in [-0.15, -0.1) is 10.2 Å². The maximum Gasteiger partial charge on any atom is 0.237 e. The van der Waals surface area contributed by atoms with Crippen molar-refractivity contribution in [2.24, 2.45) is 0 Å². The second-order valence-corrected chi connectivity index (χ2v) is 7.07. The van der Waals surface area contributed by atoms with Crippen LogP contribution in [0.15, 0.2) is 53.9 Å². The van der Waals surface area contributed by atoms with Crippen LogP contribution in [-0.4, -0.2) is 38.0 Å². The van der Waals surface area contributed by atoms with Crippen LogP contribution in [0.4, 0.5) is 5.69 Å². The van der Waals surface area contributed by atoms with Gasteiger partial charge in [-0.05, 0) is 50.2 Å². The van der Waals surface area contributed by atoms with Gasteiger partial charge in [-0.25, -0.2) is 0 Å². The number of aromatic nitrogens is 4. The summed E-state index contributed by atoms with van der Waals surface area (Å²) in [6.07, 6.45) is 3.45. The van der Waals surface area contributed by atoms with Gasteiger partial charge in [0.05, 0.1) is 12.4 Å². The molecular formula is C19H21N5O2S. The smallest absolute Gasteiger partial charge is 0.237 e. The van der Waals surface area contributed by atoms with E-state index in [1.54, 1.807) is 19.5 Å². The normalized spacial score (nSPS) is 11.8. The van der Waals surface area contributed by atoms with Gasteiger partial charge >= 0.3 is 0 Å². The zero-order chi connectivity index (χ0) is 19.2. The lowest BCUT2D eigenvalue weighted by Crippen LogP contribution is -2.22. The van der Waals surface area contributed by atoms with Gasteiger partial charge in [-0.3, -0.25) is 9.78 Å². The fourth-order valence-corrected chi connectivity index (χ4v) is 3.42. The summed E-state index contributed by atoms with van der Waals surface area (Å²) >= 11 is 1.38. The van der Waals surface area contributed by atoms with E-state index in [1.807, 2.05) is 54.8 Å². The van der Waals surface area contributed by atoms with Gasteiger partial charge in [-0.2, -0.15) is 0 Å². The third kappa shape index (κ3) is 4.46. The van der Waals surface area contributed by atoms with Crippen LogP contribution in [0, 0.1) is 0 Å². The molecule has 0 fully saturated rings. The summed E-state index contributed by atoms with van der Waals surface area (Å²) in [5.74, 6) is 1.42. The lowest BCUT2D eigenvalue weighted by molar-refractivity contribution is -0.115. The number of thioether (sulfide) groups is 1. The third-order valence-corrected chi connectivity index (χ3v) is 5.06. The molecule has 0 saturated carbocycles. The first kappa shape index (κ1) is 18.9. The standard InChI is InChI=1S/C19H21N5O2S/c1-4-24-17(14-9-11-20-12-10-14)22-23-19(24)27-13(2)18(25)21-15-5-7-16(26-3)8-6-15/h5-13H,4H2,1-3H3,(H,21,25)/t13-/m0/s1. The molecule has 0 unspecified atom stereocenters.